The molecule has 0 amide bonds. The molecule has 0 bridgehead atoms. The van der Waals surface area contributed by atoms with E-state index in [9.17, 15) is 10.1 Å². The van der Waals surface area contributed by atoms with Crippen molar-refractivity contribution in [3.05, 3.63) is 61.6 Å². The van der Waals surface area contributed by atoms with Gasteiger partial charge in [0.25, 0.3) is 5.69 Å². The second-order valence-corrected chi connectivity index (χ2v) is 5.38. The number of amidine groups is 1. The Hall–Kier alpha value is -2.12. The van der Waals surface area contributed by atoms with E-state index in [2.05, 4.69) is 15.9 Å². The van der Waals surface area contributed by atoms with E-state index in [0.717, 1.165) is 0 Å². The molecule has 0 heterocycles. The Labute approximate surface area is 133 Å². The van der Waals surface area contributed by atoms with Crippen molar-refractivity contribution in [2.45, 2.75) is 0 Å². The normalized spacial score (nSPS) is 10.2. The van der Waals surface area contributed by atoms with Gasteiger partial charge in [0.15, 0.2) is 0 Å². The quantitative estimate of drug-likeness (QED) is 0.366. The number of halogens is 2. The van der Waals surface area contributed by atoms with Crippen molar-refractivity contribution in [3.63, 3.8) is 0 Å². The van der Waals surface area contributed by atoms with Gasteiger partial charge < -0.3 is 10.5 Å². The zero-order valence-electron chi connectivity index (χ0n) is 10.5. The monoisotopic (exact) mass is 369 g/mol. The average Bonchev–Trinajstić information content (AvgIpc) is 2.37. The summed E-state index contributed by atoms with van der Waals surface area (Å²) in [4.78, 5) is 10.3. The summed E-state index contributed by atoms with van der Waals surface area (Å²) in [5.74, 6) is 0.532. The predicted octanol–water partition coefficient (Wildman–Crippen LogP) is 4.09. The number of nitrogen functional groups attached to an aromatic ring is 1. The Morgan fingerprint density at radius 3 is 2.57 bits per heavy atom. The van der Waals surface area contributed by atoms with Gasteiger partial charge in [-0.3, -0.25) is 15.5 Å². The second-order valence-electron chi connectivity index (χ2n) is 4.06. The third kappa shape index (κ3) is 3.71. The first-order valence-electron chi connectivity index (χ1n) is 5.63. The Morgan fingerprint density at radius 1 is 1.29 bits per heavy atom. The summed E-state index contributed by atoms with van der Waals surface area (Å²) < 4.78 is 6.06. The summed E-state index contributed by atoms with van der Waals surface area (Å²) in [6.07, 6.45) is 0. The van der Waals surface area contributed by atoms with Gasteiger partial charge in [0.1, 0.15) is 17.3 Å². The lowest BCUT2D eigenvalue weighted by Gasteiger charge is -2.08. The number of nitro benzene ring substituents is 1. The molecule has 2 aromatic rings. The van der Waals surface area contributed by atoms with Crippen molar-refractivity contribution in [3.8, 4) is 11.5 Å². The van der Waals surface area contributed by atoms with Crippen molar-refractivity contribution in [1.29, 1.82) is 5.41 Å². The van der Waals surface area contributed by atoms with Crippen LogP contribution in [-0.4, -0.2) is 10.8 Å². The SMILES string of the molecule is N=C(N)c1ccc(Oc2cc(Br)cc([N+](=O)[O-])c2)cc1Cl. The third-order valence-electron chi connectivity index (χ3n) is 2.53. The highest BCUT2D eigenvalue weighted by atomic mass is 79.9. The number of benzene rings is 2. The van der Waals surface area contributed by atoms with Gasteiger partial charge in [-0.15, -0.1) is 0 Å². The molecule has 8 heteroatoms. The Kier molecular flexibility index (Phi) is 4.44. The van der Waals surface area contributed by atoms with Crippen LogP contribution in [0.1, 0.15) is 5.56 Å². The van der Waals surface area contributed by atoms with E-state index in [-0.39, 0.29) is 16.5 Å². The molecule has 2 aromatic carbocycles. The van der Waals surface area contributed by atoms with Gasteiger partial charge in [-0.25, -0.2) is 0 Å². The Bertz CT molecular complexity index is 737. The predicted molar refractivity (Wildman–Crippen MR) is 83.3 cm³/mol. The number of hydrogen-bond donors (Lipinski definition) is 2. The minimum absolute atomic E-state index is 0.0918. The highest BCUT2D eigenvalue weighted by molar-refractivity contribution is 9.10. The Morgan fingerprint density at radius 2 is 2.00 bits per heavy atom. The number of nitrogens with zero attached hydrogens (tertiary/aromatic N) is 1. The summed E-state index contributed by atoms with van der Waals surface area (Å²) >= 11 is 9.17. The van der Waals surface area contributed by atoms with E-state index in [1.807, 2.05) is 0 Å². The molecule has 0 atom stereocenters. The van der Waals surface area contributed by atoms with Gasteiger partial charge >= 0.3 is 0 Å². The van der Waals surface area contributed by atoms with E-state index in [1.54, 1.807) is 18.2 Å². The maximum atomic E-state index is 10.8. The van der Waals surface area contributed by atoms with Crippen LogP contribution < -0.4 is 10.5 Å². The molecule has 0 radical (unpaired) electrons. The molecule has 6 nitrogen and oxygen atoms in total. The first kappa shape index (κ1) is 15.3. The maximum Gasteiger partial charge on any atom is 0.274 e. The molecule has 2 rings (SSSR count). The van der Waals surface area contributed by atoms with Crippen molar-refractivity contribution in [2.24, 2.45) is 5.73 Å². The number of ether oxygens (including phenoxy) is 1. The second kappa shape index (κ2) is 6.11. The van der Waals surface area contributed by atoms with Crippen molar-refractivity contribution in [2.75, 3.05) is 0 Å². The molecule has 0 saturated heterocycles. The molecule has 0 saturated carbocycles. The van der Waals surface area contributed by atoms with Crippen LogP contribution in [0.25, 0.3) is 0 Å². The van der Waals surface area contributed by atoms with Gasteiger partial charge in [-0.1, -0.05) is 27.5 Å². The molecular formula is C13H9BrClN3O3. The molecule has 0 aromatic heterocycles. The standard InChI is InChI=1S/C13H9BrClN3O3/c14-7-3-8(18(19)20)5-10(4-7)21-9-1-2-11(13(16)17)12(15)6-9/h1-6H,(H3,16,17). The van der Waals surface area contributed by atoms with E-state index in [1.165, 1.54) is 18.2 Å². The zero-order valence-corrected chi connectivity index (χ0v) is 12.8. The smallest absolute Gasteiger partial charge is 0.274 e. The summed E-state index contributed by atoms with van der Waals surface area (Å²) in [5.41, 5.74) is 5.67. The highest BCUT2D eigenvalue weighted by Crippen LogP contribution is 2.31. The van der Waals surface area contributed by atoms with Crippen molar-refractivity contribution < 1.29 is 9.66 Å². The average molecular weight is 371 g/mol. The van der Waals surface area contributed by atoms with Gasteiger partial charge in [-0.2, -0.15) is 0 Å². The van der Waals surface area contributed by atoms with E-state index in [4.69, 9.17) is 27.5 Å². The molecule has 0 aliphatic carbocycles. The minimum Gasteiger partial charge on any atom is -0.457 e. The summed E-state index contributed by atoms with van der Waals surface area (Å²) in [7, 11) is 0. The highest BCUT2D eigenvalue weighted by Gasteiger charge is 2.11. The molecular weight excluding hydrogens is 362 g/mol. The van der Waals surface area contributed by atoms with Gasteiger partial charge in [0.2, 0.25) is 0 Å². The number of nitrogens with two attached hydrogens (primary N) is 1. The maximum absolute atomic E-state index is 10.8. The van der Waals surface area contributed by atoms with Crippen LogP contribution in [0.15, 0.2) is 40.9 Å². The number of nitro groups is 1. The molecule has 0 aliphatic rings. The Balaban J connectivity index is 2.32. The fraction of sp³-hybridized carbons (Fsp3) is 0. The van der Waals surface area contributed by atoms with Crippen LogP contribution in [-0.2, 0) is 0 Å². The van der Waals surface area contributed by atoms with Crippen molar-refractivity contribution in [1.82, 2.24) is 0 Å². The van der Waals surface area contributed by atoms with Crippen LogP contribution in [0.2, 0.25) is 5.02 Å². The molecule has 0 spiro atoms. The van der Waals surface area contributed by atoms with E-state index in [0.29, 0.717) is 21.5 Å². The fourth-order valence-corrected chi connectivity index (χ4v) is 2.36. The van der Waals surface area contributed by atoms with Crippen LogP contribution in [0.5, 0.6) is 11.5 Å². The van der Waals surface area contributed by atoms with Crippen LogP contribution in [0, 0.1) is 15.5 Å². The number of nitrogens with one attached hydrogen (secondary N) is 1. The molecule has 0 unspecified atom stereocenters. The molecule has 0 aliphatic heterocycles. The summed E-state index contributed by atoms with van der Waals surface area (Å²) in [5, 5.41) is 18.4. The number of rotatable bonds is 4. The third-order valence-corrected chi connectivity index (χ3v) is 3.30. The first-order chi connectivity index (χ1) is 9.86. The van der Waals surface area contributed by atoms with Crippen LogP contribution in [0.3, 0.4) is 0 Å². The first-order valence-corrected chi connectivity index (χ1v) is 6.80. The minimum atomic E-state index is -0.510. The fourth-order valence-electron chi connectivity index (χ4n) is 1.63. The number of non-ortho nitro benzene ring substituents is 1. The van der Waals surface area contributed by atoms with E-state index >= 15 is 0 Å². The van der Waals surface area contributed by atoms with Gasteiger partial charge in [-0.05, 0) is 18.2 Å². The lowest BCUT2D eigenvalue weighted by molar-refractivity contribution is -0.385. The lowest BCUT2D eigenvalue weighted by Crippen LogP contribution is -2.11. The van der Waals surface area contributed by atoms with Gasteiger partial charge in [0, 0.05) is 22.2 Å². The lowest BCUT2D eigenvalue weighted by atomic mass is 10.2. The van der Waals surface area contributed by atoms with Gasteiger partial charge in [0.05, 0.1) is 16.0 Å². The topological polar surface area (TPSA) is 102 Å². The van der Waals surface area contributed by atoms with Crippen LogP contribution >= 0.6 is 27.5 Å². The summed E-state index contributed by atoms with van der Waals surface area (Å²) in [6.45, 7) is 0. The molecule has 108 valence electrons. The number of hydrogen-bond acceptors (Lipinski definition) is 4. The molecule has 21 heavy (non-hydrogen) atoms. The zero-order chi connectivity index (χ0) is 15.6. The van der Waals surface area contributed by atoms with Crippen LogP contribution in [0.4, 0.5) is 5.69 Å². The largest absolute Gasteiger partial charge is 0.457 e. The summed E-state index contributed by atoms with van der Waals surface area (Å²) in [6, 6.07) is 8.89. The molecule has 0 fully saturated rings. The van der Waals surface area contributed by atoms with E-state index < -0.39 is 4.92 Å². The van der Waals surface area contributed by atoms with Crippen molar-refractivity contribution >= 4 is 39.1 Å². The molecule has 3 N–H and O–H groups in total.